The topological polar surface area (TPSA) is 90.3 Å². The minimum absolute atomic E-state index is 0.150. The van der Waals surface area contributed by atoms with Gasteiger partial charge in [-0.1, -0.05) is 12.1 Å². The molecule has 0 unspecified atom stereocenters. The molecule has 0 radical (unpaired) electrons. The molecular weight excluding hydrogens is 180 g/mol. The molecule has 0 aliphatic rings. The molecule has 0 spiro atoms. The van der Waals surface area contributed by atoms with Gasteiger partial charge >= 0.3 is 0 Å². The zero-order valence-corrected chi connectivity index (χ0v) is 7.81. The molecule has 74 valence electrons. The molecule has 1 rings (SSSR count). The Labute approximate surface area is 82.2 Å². The average Bonchev–Trinajstić information content (AvgIpc) is 2.17. The molecule has 0 saturated carbocycles. The first kappa shape index (κ1) is 10.5. The number of rotatable bonds is 2. The van der Waals surface area contributed by atoms with Crippen LogP contribution in [0.15, 0.2) is 18.2 Å². The van der Waals surface area contributed by atoms with Crippen molar-refractivity contribution >= 4 is 0 Å². The molecule has 0 aliphatic heterocycles. The van der Waals surface area contributed by atoms with Crippen LogP contribution in [0.25, 0.3) is 0 Å². The van der Waals surface area contributed by atoms with Crippen LogP contribution in [0.2, 0.25) is 0 Å². The second kappa shape index (κ2) is 4.09. The number of benzene rings is 1. The number of aromatic hydroxyl groups is 1. The van der Waals surface area contributed by atoms with Crippen molar-refractivity contribution in [3.8, 4) is 11.8 Å². The fourth-order valence-corrected chi connectivity index (χ4v) is 1.18. The van der Waals surface area contributed by atoms with Gasteiger partial charge in [0.15, 0.2) is 0 Å². The highest BCUT2D eigenvalue weighted by Crippen LogP contribution is 2.27. The number of hydrogen-bond acceptors (Lipinski definition) is 4. The number of para-hydroxylation sites is 1. The maximum atomic E-state index is 9.59. The minimum atomic E-state index is -0.769. The predicted octanol–water partition coefficient (Wildman–Crippen LogP) is 0.644. The van der Waals surface area contributed by atoms with E-state index < -0.39 is 12.1 Å². The maximum absolute atomic E-state index is 9.59. The molecule has 1 aromatic rings. The Morgan fingerprint density at radius 3 is 2.64 bits per heavy atom. The van der Waals surface area contributed by atoms with Gasteiger partial charge in [-0.3, -0.25) is 0 Å². The van der Waals surface area contributed by atoms with Gasteiger partial charge in [0.05, 0.1) is 17.7 Å². The van der Waals surface area contributed by atoms with E-state index in [9.17, 15) is 10.2 Å². The van der Waals surface area contributed by atoms with Gasteiger partial charge in [0, 0.05) is 5.56 Å². The summed E-state index contributed by atoms with van der Waals surface area (Å²) < 4.78 is 0. The highest BCUT2D eigenvalue weighted by atomic mass is 16.3. The maximum Gasteiger partial charge on any atom is 0.138 e. The summed E-state index contributed by atoms with van der Waals surface area (Å²) in [6.45, 7) is 1.53. The Kier molecular flexibility index (Phi) is 3.07. The summed E-state index contributed by atoms with van der Waals surface area (Å²) in [7, 11) is 0. The van der Waals surface area contributed by atoms with Gasteiger partial charge in [-0.25, -0.2) is 0 Å². The number of nitrogens with zero attached hydrogens (tertiary/aromatic N) is 1. The van der Waals surface area contributed by atoms with Gasteiger partial charge < -0.3 is 15.9 Å². The third-order valence-corrected chi connectivity index (χ3v) is 2.07. The first-order valence-corrected chi connectivity index (χ1v) is 4.23. The third-order valence-electron chi connectivity index (χ3n) is 2.07. The van der Waals surface area contributed by atoms with Crippen molar-refractivity contribution in [1.29, 1.82) is 5.26 Å². The Bertz CT molecular complexity index is 369. The molecule has 0 heterocycles. The van der Waals surface area contributed by atoms with Crippen LogP contribution in [0.1, 0.15) is 24.1 Å². The number of phenols is 1. The van der Waals surface area contributed by atoms with Crippen LogP contribution in [0.3, 0.4) is 0 Å². The van der Waals surface area contributed by atoms with Crippen LogP contribution in [0.4, 0.5) is 0 Å². The first-order valence-electron chi connectivity index (χ1n) is 4.23. The van der Waals surface area contributed by atoms with E-state index in [1.54, 1.807) is 12.1 Å². The van der Waals surface area contributed by atoms with Crippen molar-refractivity contribution in [2.45, 2.75) is 19.1 Å². The Morgan fingerprint density at radius 1 is 1.50 bits per heavy atom. The second-order valence-corrected chi connectivity index (χ2v) is 3.12. The minimum Gasteiger partial charge on any atom is -0.506 e. The van der Waals surface area contributed by atoms with E-state index in [2.05, 4.69) is 0 Å². The highest BCUT2D eigenvalue weighted by Gasteiger charge is 2.17. The molecule has 1 aromatic carbocycles. The summed E-state index contributed by atoms with van der Waals surface area (Å²) in [5.74, 6) is -0.150. The SMILES string of the molecule is C[C@H](O)[C@@H](N)c1cccc(C#N)c1O. The number of nitriles is 1. The fraction of sp³-hybridized carbons (Fsp3) is 0.300. The van der Waals surface area contributed by atoms with Gasteiger partial charge in [0.25, 0.3) is 0 Å². The Morgan fingerprint density at radius 2 is 2.14 bits per heavy atom. The first-order chi connectivity index (χ1) is 6.57. The normalized spacial score (nSPS) is 14.4. The van der Waals surface area contributed by atoms with Crippen molar-refractivity contribution in [1.82, 2.24) is 0 Å². The molecule has 0 fully saturated rings. The zero-order valence-electron chi connectivity index (χ0n) is 7.81. The molecule has 4 N–H and O–H groups in total. The molecule has 4 nitrogen and oxygen atoms in total. The summed E-state index contributed by atoms with van der Waals surface area (Å²) in [5.41, 5.74) is 6.20. The lowest BCUT2D eigenvalue weighted by molar-refractivity contribution is 0.163. The predicted molar refractivity (Wildman–Crippen MR) is 51.4 cm³/mol. The second-order valence-electron chi connectivity index (χ2n) is 3.12. The smallest absolute Gasteiger partial charge is 0.138 e. The molecule has 0 amide bonds. The molecule has 4 heteroatoms. The Hall–Kier alpha value is -1.57. The number of hydrogen-bond donors (Lipinski definition) is 3. The number of phenolic OH excluding ortho intramolecular Hbond substituents is 1. The van der Waals surface area contributed by atoms with Crippen LogP contribution in [-0.2, 0) is 0 Å². The van der Waals surface area contributed by atoms with E-state index in [-0.39, 0.29) is 11.3 Å². The number of nitrogens with two attached hydrogens (primary N) is 1. The molecule has 0 aliphatic carbocycles. The van der Waals surface area contributed by atoms with Crippen LogP contribution >= 0.6 is 0 Å². The molecule has 14 heavy (non-hydrogen) atoms. The van der Waals surface area contributed by atoms with Gasteiger partial charge in [-0.2, -0.15) is 5.26 Å². The van der Waals surface area contributed by atoms with E-state index in [1.807, 2.05) is 6.07 Å². The fourth-order valence-electron chi connectivity index (χ4n) is 1.18. The lowest BCUT2D eigenvalue weighted by Crippen LogP contribution is -2.23. The van der Waals surface area contributed by atoms with E-state index >= 15 is 0 Å². The summed E-state index contributed by atoms with van der Waals surface area (Å²) in [6, 6.07) is 5.87. The average molecular weight is 192 g/mol. The van der Waals surface area contributed by atoms with Gasteiger partial charge in [-0.15, -0.1) is 0 Å². The largest absolute Gasteiger partial charge is 0.506 e. The molecular formula is C10H12N2O2. The number of aliphatic hydroxyl groups excluding tert-OH is 1. The van der Waals surface area contributed by atoms with E-state index in [4.69, 9.17) is 11.0 Å². The van der Waals surface area contributed by atoms with E-state index in [0.717, 1.165) is 0 Å². The summed E-state index contributed by atoms with van der Waals surface area (Å²) in [5, 5.41) is 27.5. The standard InChI is InChI=1S/C10H12N2O2/c1-6(13)9(12)8-4-2-3-7(5-11)10(8)14/h2-4,6,9,13-14H,12H2,1H3/t6-,9+/m0/s1. The van der Waals surface area contributed by atoms with Crippen LogP contribution < -0.4 is 5.73 Å². The lowest BCUT2D eigenvalue weighted by atomic mass is 10.00. The van der Waals surface area contributed by atoms with Crippen LogP contribution in [-0.4, -0.2) is 16.3 Å². The molecule has 0 saturated heterocycles. The van der Waals surface area contributed by atoms with Crippen molar-refractivity contribution in [2.75, 3.05) is 0 Å². The summed E-state index contributed by atoms with van der Waals surface area (Å²) in [4.78, 5) is 0. The Balaban J connectivity index is 3.17. The molecule has 0 bridgehead atoms. The summed E-state index contributed by atoms with van der Waals surface area (Å²) >= 11 is 0. The third kappa shape index (κ3) is 1.84. The summed E-state index contributed by atoms with van der Waals surface area (Å²) in [6.07, 6.45) is -0.769. The van der Waals surface area contributed by atoms with Gasteiger partial charge in [-0.05, 0) is 13.0 Å². The van der Waals surface area contributed by atoms with E-state index in [1.165, 1.54) is 13.0 Å². The number of aliphatic hydroxyl groups is 1. The van der Waals surface area contributed by atoms with Crippen molar-refractivity contribution in [3.05, 3.63) is 29.3 Å². The van der Waals surface area contributed by atoms with E-state index in [0.29, 0.717) is 5.56 Å². The monoisotopic (exact) mass is 192 g/mol. The molecule has 2 atom stereocenters. The lowest BCUT2D eigenvalue weighted by Gasteiger charge is -2.16. The van der Waals surface area contributed by atoms with Gasteiger partial charge in [0.2, 0.25) is 0 Å². The quantitative estimate of drug-likeness (QED) is 0.641. The molecule has 0 aromatic heterocycles. The highest BCUT2D eigenvalue weighted by molar-refractivity contribution is 5.48. The van der Waals surface area contributed by atoms with Crippen molar-refractivity contribution in [3.63, 3.8) is 0 Å². The van der Waals surface area contributed by atoms with Crippen LogP contribution in [0.5, 0.6) is 5.75 Å². The van der Waals surface area contributed by atoms with Crippen molar-refractivity contribution < 1.29 is 10.2 Å². The zero-order chi connectivity index (χ0) is 10.7. The van der Waals surface area contributed by atoms with Crippen molar-refractivity contribution in [2.24, 2.45) is 5.73 Å². The van der Waals surface area contributed by atoms with Crippen LogP contribution in [0, 0.1) is 11.3 Å². The van der Waals surface area contributed by atoms with Gasteiger partial charge in [0.1, 0.15) is 11.8 Å².